The number of anilines is 1. The van der Waals surface area contributed by atoms with Crippen LogP contribution in [0.25, 0.3) is 0 Å². The van der Waals surface area contributed by atoms with Crippen molar-refractivity contribution in [2.75, 3.05) is 5.73 Å². The number of nitrogens with one attached hydrogen (secondary N) is 1. The number of carbonyl (C=O) groups excluding carboxylic acids is 1. The van der Waals surface area contributed by atoms with Crippen molar-refractivity contribution < 1.29 is 4.79 Å². The van der Waals surface area contributed by atoms with Gasteiger partial charge in [-0.3, -0.25) is 4.79 Å². The van der Waals surface area contributed by atoms with E-state index in [-0.39, 0.29) is 18.0 Å². The van der Waals surface area contributed by atoms with Gasteiger partial charge in [0.1, 0.15) is 0 Å². The van der Waals surface area contributed by atoms with Crippen LogP contribution in [-0.2, 0) is 0 Å². The molecule has 0 saturated carbocycles. The molecule has 0 radical (unpaired) electrons. The summed E-state index contributed by atoms with van der Waals surface area (Å²) in [6.07, 6.45) is 0.796. The van der Waals surface area contributed by atoms with E-state index in [9.17, 15) is 4.79 Å². The molecule has 0 aliphatic heterocycles. The van der Waals surface area contributed by atoms with Crippen molar-refractivity contribution in [1.82, 2.24) is 5.32 Å². The van der Waals surface area contributed by atoms with E-state index in [4.69, 9.17) is 23.1 Å². The molecule has 0 aliphatic rings. The summed E-state index contributed by atoms with van der Waals surface area (Å²) in [4.78, 5) is 12.8. The van der Waals surface area contributed by atoms with Gasteiger partial charge in [-0.15, -0.1) is 0 Å². The Morgan fingerprint density at radius 3 is 2.40 bits per heavy atom. The normalized spacial score (nSPS) is 13.5. The average Bonchev–Trinajstić information content (AvgIpc) is 2.54. The Labute approximate surface area is 154 Å². The Balaban J connectivity index is 2.28. The standard InChI is InChI=1S/C20H26ClN3O/c1-12(2)10-19(15-6-4-5-7-17(15)21)24-20(25)14-8-9-18(23)16(11-14)13(3)22/h4-9,11-13,19H,10,22-23H2,1-3H3,(H,24,25). The molecule has 0 saturated heterocycles. The van der Waals surface area contributed by atoms with Crippen molar-refractivity contribution in [1.29, 1.82) is 0 Å². The highest BCUT2D eigenvalue weighted by molar-refractivity contribution is 6.31. The summed E-state index contributed by atoms with van der Waals surface area (Å²) in [6, 6.07) is 12.4. The van der Waals surface area contributed by atoms with Crippen molar-refractivity contribution in [3.63, 3.8) is 0 Å². The van der Waals surface area contributed by atoms with E-state index in [2.05, 4.69) is 19.2 Å². The van der Waals surface area contributed by atoms with Crippen LogP contribution in [0.4, 0.5) is 5.69 Å². The first kappa shape index (κ1) is 19.3. The largest absolute Gasteiger partial charge is 0.398 e. The molecule has 2 rings (SSSR count). The quantitative estimate of drug-likeness (QED) is 0.666. The minimum atomic E-state index is -0.234. The Kier molecular flexibility index (Phi) is 6.45. The fraction of sp³-hybridized carbons (Fsp3) is 0.350. The number of halogens is 1. The zero-order valence-corrected chi connectivity index (χ0v) is 15.7. The number of hydrogen-bond donors (Lipinski definition) is 3. The number of nitrogen functional groups attached to an aromatic ring is 1. The van der Waals surface area contributed by atoms with Gasteiger partial charge in [0.05, 0.1) is 6.04 Å². The summed E-state index contributed by atoms with van der Waals surface area (Å²) in [5.41, 5.74) is 14.7. The third-order valence-corrected chi connectivity index (χ3v) is 4.48. The second-order valence-corrected chi connectivity index (χ2v) is 7.22. The van der Waals surface area contributed by atoms with Crippen molar-refractivity contribution in [2.24, 2.45) is 11.7 Å². The average molecular weight is 360 g/mol. The van der Waals surface area contributed by atoms with Crippen LogP contribution in [0.2, 0.25) is 5.02 Å². The third-order valence-electron chi connectivity index (χ3n) is 4.13. The molecule has 2 aromatic carbocycles. The SMILES string of the molecule is CC(C)CC(NC(=O)c1ccc(N)c(C(C)N)c1)c1ccccc1Cl. The van der Waals surface area contributed by atoms with Gasteiger partial charge in [0.15, 0.2) is 0 Å². The maximum absolute atomic E-state index is 12.8. The molecule has 1 amide bonds. The molecule has 4 nitrogen and oxygen atoms in total. The summed E-state index contributed by atoms with van der Waals surface area (Å²) in [6.45, 7) is 6.08. The molecule has 25 heavy (non-hydrogen) atoms. The van der Waals surface area contributed by atoms with Gasteiger partial charge in [0.2, 0.25) is 0 Å². The molecule has 5 heteroatoms. The van der Waals surface area contributed by atoms with Crippen LogP contribution in [0.3, 0.4) is 0 Å². The number of carbonyl (C=O) groups is 1. The Bertz CT molecular complexity index is 743. The predicted octanol–water partition coefficient (Wildman–Crippen LogP) is 4.46. The lowest BCUT2D eigenvalue weighted by atomic mass is 9.96. The van der Waals surface area contributed by atoms with Crippen molar-refractivity contribution in [2.45, 2.75) is 39.3 Å². The van der Waals surface area contributed by atoms with Crippen LogP contribution in [-0.4, -0.2) is 5.91 Å². The summed E-state index contributed by atoms with van der Waals surface area (Å²) < 4.78 is 0. The van der Waals surface area contributed by atoms with Crippen LogP contribution in [0.1, 0.15) is 60.8 Å². The molecule has 5 N–H and O–H groups in total. The van der Waals surface area contributed by atoms with Crippen LogP contribution in [0.5, 0.6) is 0 Å². The molecule has 0 aliphatic carbocycles. The van der Waals surface area contributed by atoms with Crippen LogP contribution < -0.4 is 16.8 Å². The molecule has 0 bridgehead atoms. The van der Waals surface area contributed by atoms with Gasteiger partial charge in [-0.1, -0.05) is 43.6 Å². The second kappa shape index (κ2) is 8.37. The molecule has 0 spiro atoms. The Morgan fingerprint density at radius 2 is 1.80 bits per heavy atom. The zero-order chi connectivity index (χ0) is 18.6. The van der Waals surface area contributed by atoms with E-state index in [1.807, 2.05) is 31.2 Å². The van der Waals surface area contributed by atoms with Crippen molar-refractivity contribution in [3.8, 4) is 0 Å². The number of nitrogens with two attached hydrogens (primary N) is 2. The first-order valence-electron chi connectivity index (χ1n) is 8.50. The van der Waals surface area contributed by atoms with Crippen LogP contribution >= 0.6 is 11.6 Å². The van der Waals surface area contributed by atoms with E-state index < -0.39 is 0 Å². The monoisotopic (exact) mass is 359 g/mol. The maximum Gasteiger partial charge on any atom is 0.251 e. The molecular weight excluding hydrogens is 334 g/mol. The van der Waals surface area contributed by atoms with Gasteiger partial charge in [-0.2, -0.15) is 0 Å². The van der Waals surface area contributed by atoms with E-state index in [1.54, 1.807) is 18.2 Å². The number of hydrogen-bond acceptors (Lipinski definition) is 3. The van der Waals surface area contributed by atoms with Crippen LogP contribution in [0, 0.1) is 5.92 Å². The summed E-state index contributed by atoms with van der Waals surface area (Å²) in [5, 5.41) is 3.76. The lowest BCUT2D eigenvalue weighted by Gasteiger charge is -2.22. The van der Waals surface area contributed by atoms with Gasteiger partial charge >= 0.3 is 0 Å². The fourth-order valence-corrected chi connectivity index (χ4v) is 3.11. The Hall–Kier alpha value is -2.04. The van der Waals surface area contributed by atoms with Gasteiger partial charge in [-0.05, 0) is 54.7 Å². The Morgan fingerprint density at radius 1 is 1.12 bits per heavy atom. The van der Waals surface area contributed by atoms with E-state index in [0.29, 0.717) is 22.2 Å². The first-order valence-corrected chi connectivity index (χ1v) is 8.87. The fourth-order valence-electron chi connectivity index (χ4n) is 2.84. The molecule has 2 unspecified atom stereocenters. The topological polar surface area (TPSA) is 81.1 Å². The van der Waals surface area contributed by atoms with Gasteiger partial charge in [0.25, 0.3) is 5.91 Å². The smallest absolute Gasteiger partial charge is 0.251 e. The molecular formula is C20H26ClN3O. The van der Waals surface area contributed by atoms with Gasteiger partial charge in [0, 0.05) is 22.3 Å². The maximum atomic E-state index is 12.8. The lowest BCUT2D eigenvalue weighted by molar-refractivity contribution is 0.0932. The molecule has 134 valence electrons. The molecule has 0 aromatic heterocycles. The number of amides is 1. The third kappa shape index (κ3) is 4.97. The minimum Gasteiger partial charge on any atom is -0.398 e. The van der Waals surface area contributed by atoms with Crippen molar-refractivity contribution >= 4 is 23.2 Å². The van der Waals surface area contributed by atoms with E-state index >= 15 is 0 Å². The van der Waals surface area contributed by atoms with Gasteiger partial charge < -0.3 is 16.8 Å². The minimum absolute atomic E-state index is 0.155. The van der Waals surface area contributed by atoms with E-state index in [1.165, 1.54) is 0 Å². The zero-order valence-electron chi connectivity index (χ0n) is 14.9. The summed E-state index contributed by atoms with van der Waals surface area (Å²) >= 11 is 6.34. The van der Waals surface area contributed by atoms with Crippen LogP contribution in [0.15, 0.2) is 42.5 Å². The highest BCUT2D eigenvalue weighted by Gasteiger charge is 2.20. The summed E-state index contributed by atoms with van der Waals surface area (Å²) in [5.74, 6) is 0.250. The number of rotatable bonds is 6. The van der Waals surface area contributed by atoms with Gasteiger partial charge in [-0.25, -0.2) is 0 Å². The number of benzene rings is 2. The first-order chi connectivity index (χ1) is 11.8. The van der Waals surface area contributed by atoms with E-state index in [0.717, 1.165) is 17.5 Å². The second-order valence-electron chi connectivity index (χ2n) is 6.81. The highest BCUT2D eigenvalue weighted by atomic mass is 35.5. The molecule has 2 aromatic rings. The predicted molar refractivity (Wildman–Crippen MR) is 105 cm³/mol. The van der Waals surface area contributed by atoms with Crippen molar-refractivity contribution in [3.05, 3.63) is 64.2 Å². The molecule has 0 heterocycles. The molecule has 2 atom stereocenters. The molecule has 0 fully saturated rings. The summed E-state index contributed by atoms with van der Waals surface area (Å²) in [7, 11) is 0. The lowest BCUT2D eigenvalue weighted by Crippen LogP contribution is -2.30. The highest BCUT2D eigenvalue weighted by Crippen LogP contribution is 2.28.